The van der Waals surface area contributed by atoms with Crippen molar-refractivity contribution in [3.63, 3.8) is 0 Å². The van der Waals surface area contributed by atoms with Gasteiger partial charge in [0.15, 0.2) is 0 Å². The topological polar surface area (TPSA) is 85.2 Å². The molecule has 1 aliphatic heterocycles. The molecular weight excluding hydrogens is 228 g/mol. The van der Waals surface area contributed by atoms with E-state index in [0.29, 0.717) is 5.56 Å². The van der Waals surface area contributed by atoms with Gasteiger partial charge in [-0.3, -0.25) is 9.78 Å². The Morgan fingerprint density at radius 2 is 2.06 bits per heavy atom. The number of nitrogens with zero attached hydrogens (tertiary/aromatic N) is 2. The third-order valence-electron chi connectivity index (χ3n) is 3.24. The van der Waals surface area contributed by atoms with Gasteiger partial charge in [0.1, 0.15) is 0 Å². The Morgan fingerprint density at radius 1 is 1.33 bits per heavy atom. The second kappa shape index (κ2) is 3.96. The van der Waals surface area contributed by atoms with Crippen LogP contribution in [-0.4, -0.2) is 30.0 Å². The van der Waals surface area contributed by atoms with Gasteiger partial charge in [0.2, 0.25) is 0 Å². The third-order valence-corrected chi connectivity index (χ3v) is 3.24. The summed E-state index contributed by atoms with van der Waals surface area (Å²) < 4.78 is 0. The molecule has 1 fully saturated rings. The Balaban J connectivity index is 2.22. The minimum atomic E-state index is -0.455. The van der Waals surface area contributed by atoms with E-state index < -0.39 is 5.91 Å². The fraction of sp³-hybridized carbons (Fsp3) is 0.231. The van der Waals surface area contributed by atoms with Gasteiger partial charge in [0, 0.05) is 30.7 Å². The molecule has 5 heteroatoms. The lowest BCUT2D eigenvalue weighted by atomic mass is 10.0. The number of hydrogen-bond acceptors (Lipinski definition) is 4. The van der Waals surface area contributed by atoms with Gasteiger partial charge >= 0.3 is 0 Å². The standard InChI is InChI=1S/C13H14N4O/c14-8-6-17(7-8)12-9-3-1-2-4-11(9)16-5-10(12)13(15)18/h1-5,8H,6-7,14H2,(H2,15,18). The van der Waals surface area contributed by atoms with Gasteiger partial charge in [-0.25, -0.2) is 0 Å². The van der Waals surface area contributed by atoms with Crippen molar-refractivity contribution in [2.45, 2.75) is 6.04 Å². The van der Waals surface area contributed by atoms with Crippen LogP contribution < -0.4 is 16.4 Å². The number of aromatic nitrogens is 1. The summed E-state index contributed by atoms with van der Waals surface area (Å²) in [5.74, 6) is -0.455. The molecular formula is C13H14N4O. The number of carbonyl (C=O) groups excluding carboxylic acids is 1. The van der Waals surface area contributed by atoms with Crippen LogP contribution >= 0.6 is 0 Å². The number of nitrogens with two attached hydrogens (primary N) is 2. The van der Waals surface area contributed by atoms with Crippen LogP contribution in [0.25, 0.3) is 10.9 Å². The zero-order valence-electron chi connectivity index (χ0n) is 9.84. The van der Waals surface area contributed by atoms with Crippen molar-refractivity contribution in [1.82, 2.24) is 4.98 Å². The predicted molar refractivity (Wildman–Crippen MR) is 70.4 cm³/mol. The average molecular weight is 242 g/mol. The highest BCUT2D eigenvalue weighted by Crippen LogP contribution is 2.31. The molecule has 0 atom stereocenters. The lowest BCUT2D eigenvalue weighted by Crippen LogP contribution is -2.56. The van der Waals surface area contributed by atoms with Crippen molar-refractivity contribution in [2.75, 3.05) is 18.0 Å². The monoisotopic (exact) mass is 242 g/mol. The highest BCUT2D eigenvalue weighted by Gasteiger charge is 2.28. The zero-order valence-corrected chi connectivity index (χ0v) is 9.84. The van der Waals surface area contributed by atoms with E-state index in [2.05, 4.69) is 9.88 Å². The Bertz CT molecular complexity index is 619. The first-order valence-electron chi connectivity index (χ1n) is 5.85. The van der Waals surface area contributed by atoms with E-state index in [1.165, 1.54) is 0 Å². The number of primary amides is 1. The van der Waals surface area contributed by atoms with E-state index in [-0.39, 0.29) is 6.04 Å². The van der Waals surface area contributed by atoms with Crippen LogP contribution in [0.3, 0.4) is 0 Å². The number of amides is 1. The van der Waals surface area contributed by atoms with Crippen LogP contribution in [-0.2, 0) is 0 Å². The number of carbonyl (C=O) groups is 1. The van der Waals surface area contributed by atoms with Gasteiger partial charge in [-0.15, -0.1) is 0 Å². The Labute approximate surface area is 104 Å². The van der Waals surface area contributed by atoms with Gasteiger partial charge in [-0.2, -0.15) is 0 Å². The molecule has 2 aromatic rings. The second-order valence-corrected chi connectivity index (χ2v) is 4.57. The molecule has 0 radical (unpaired) electrons. The van der Waals surface area contributed by atoms with Crippen LogP contribution in [0.2, 0.25) is 0 Å². The van der Waals surface area contributed by atoms with Gasteiger partial charge in [-0.1, -0.05) is 18.2 Å². The van der Waals surface area contributed by atoms with E-state index in [1.807, 2.05) is 24.3 Å². The molecule has 4 N–H and O–H groups in total. The van der Waals surface area contributed by atoms with E-state index in [1.54, 1.807) is 6.20 Å². The summed E-state index contributed by atoms with van der Waals surface area (Å²) in [4.78, 5) is 17.9. The van der Waals surface area contributed by atoms with Crippen LogP contribution in [0, 0.1) is 0 Å². The minimum Gasteiger partial charge on any atom is -0.367 e. The Kier molecular flexibility index (Phi) is 2.41. The highest BCUT2D eigenvalue weighted by atomic mass is 16.1. The average Bonchev–Trinajstić information content (AvgIpc) is 2.33. The summed E-state index contributed by atoms with van der Waals surface area (Å²) >= 11 is 0. The number of pyridine rings is 1. The molecule has 18 heavy (non-hydrogen) atoms. The first kappa shape index (κ1) is 11.0. The number of para-hydroxylation sites is 1. The molecule has 5 nitrogen and oxygen atoms in total. The number of rotatable bonds is 2. The molecule has 92 valence electrons. The normalized spacial score (nSPS) is 15.7. The van der Waals surface area contributed by atoms with Crippen molar-refractivity contribution in [3.05, 3.63) is 36.0 Å². The summed E-state index contributed by atoms with van der Waals surface area (Å²) in [7, 11) is 0. The van der Waals surface area contributed by atoms with Crippen molar-refractivity contribution < 1.29 is 4.79 Å². The van der Waals surface area contributed by atoms with E-state index in [4.69, 9.17) is 11.5 Å². The van der Waals surface area contributed by atoms with Crippen molar-refractivity contribution >= 4 is 22.5 Å². The predicted octanol–water partition coefficient (Wildman–Crippen LogP) is 0.481. The van der Waals surface area contributed by atoms with Crippen molar-refractivity contribution in [3.8, 4) is 0 Å². The summed E-state index contributed by atoms with van der Waals surface area (Å²) in [6, 6.07) is 7.89. The number of fused-ring (bicyclic) bond motifs is 1. The van der Waals surface area contributed by atoms with Crippen LogP contribution in [0.5, 0.6) is 0 Å². The zero-order chi connectivity index (χ0) is 12.7. The first-order valence-corrected chi connectivity index (χ1v) is 5.85. The molecule has 1 aromatic carbocycles. The SMILES string of the molecule is NC(=O)c1cnc2ccccc2c1N1CC(N)C1. The van der Waals surface area contributed by atoms with Crippen LogP contribution in [0.15, 0.2) is 30.5 Å². The number of anilines is 1. The Morgan fingerprint density at radius 3 is 2.72 bits per heavy atom. The minimum absolute atomic E-state index is 0.164. The molecule has 0 saturated carbocycles. The molecule has 1 saturated heterocycles. The second-order valence-electron chi connectivity index (χ2n) is 4.57. The van der Waals surface area contributed by atoms with Gasteiger partial charge in [-0.05, 0) is 6.07 Å². The van der Waals surface area contributed by atoms with Gasteiger partial charge in [0.05, 0.1) is 16.8 Å². The number of hydrogen-bond donors (Lipinski definition) is 2. The maximum absolute atomic E-state index is 11.5. The van der Waals surface area contributed by atoms with E-state index in [9.17, 15) is 4.79 Å². The quantitative estimate of drug-likeness (QED) is 0.802. The molecule has 1 aliphatic rings. The molecule has 2 heterocycles. The first-order chi connectivity index (χ1) is 8.66. The highest BCUT2D eigenvalue weighted by molar-refractivity contribution is 6.06. The molecule has 1 amide bonds. The number of benzene rings is 1. The maximum Gasteiger partial charge on any atom is 0.252 e. The van der Waals surface area contributed by atoms with E-state index >= 15 is 0 Å². The van der Waals surface area contributed by atoms with E-state index in [0.717, 1.165) is 29.7 Å². The van der Waals surface area contributed by atoms with Crippen molar-refractivity contribution in [1.29, 1.82) is 0 Å². The maximum atomic E-state index is 11.5. The van der Waals surface area contributed by atoms with Gasteiger partial charge < -0.3 is 16.4 Å². The van der Waals surface area contributed by atoms with Gasteiger partial charge in [0.25, 0.3) is 5.91 Å². The fourth-order valence-corrected chi connectivity index (χ4v) is 2.34. The van der Waals surface area contributed by atoms with Crippen LogP contribution in [0.1, 0.15) is 10.4 Å². The molecule has 1 aromatic heterocycles. The molecule has 0 aliphatic carbocycles. The smallest absolute Gasteiger partial charge is 0.252 e. The van der Waals surface area contributed by atoms with Crippen molar-refractivity contribution in [2.24, 2.45) is 11.5 Å². The summed E-state index contributed by atoms with van der Waals surface area (Å²) in [5, 5.41) is 0.945. The largest absolute Gasteiger partial charge is 0.367 e. The molecule has 0 bridgehead atoms. The Hall–Kier alpha value is -2.14. The summed E-state index contributed by atoms with van der Waals surface area (Å²) in [6.07, 6.45) is 1.55. The molecule has 0 unspecified atom stereocenters. The fourth-order valence-electron chi connectivity index (χ4n) is 2.34. The lowest BCUT2D eigenvalue weighted by molar-refractivity contribution is 0.100. The molecule has 0 spiro atoms. The third kappa shape index (κ3) is 1.60. The summed E-state index contributed by atoms with van der Waals surface area (Å²) in [6.45, 7) is 1.49. The summed E-state index contributed by atoms with van der Waals surface area (Å²) in [5.41, 5.74) is 13.4. The lowest BCUT2D eigenvalue weighted by Gasteiger charge is -2.40. The van der Waals surface area contributed by atoms with Crippen LogP contribution in [0.4, 0.5) is 5.69 Å². The molecule has 3 rings (SSSR count).